The van der Waals surface area contributed by atoms with Crippen LogP contribution in [0.25, 0.3) is 0 Å². The Kier molecular flexibility index (Phi) is 8.61. The summed E-state index contributed by atoms with van der Waals surface area (Å²) in [6.07, 6.45) is 5.04. The van der Waals surface area contributed by atoms with E-state index in [2.05, 4.69) is 16.0 Å². The molecule has 3 N–H and O–H groups in total. The van der Waals surface area contributed by atoms with Crippen LogP contribution in [-0.4, -0.2) is 92.1 Å². The third kappa shape index (κ3) is 7.25. The van der Waals surface area contributed by atoms with E-state index in [0.717, 1.165) is 25.7 Å². The van der Waals surface area contributed by atoms with Gasteiger partial charge in [-0.3, -0.25) is 24.1 Å². The first-order chi connectivity index (χ1) is 15.3. The number of ketones is 1. The van der Waals surface area contributed by atoms with Crippen molar-refractivity contribution in [3.8, 4) is 0 Å². The average Bonchev–Trinajstić information content (AvgIpc) is 3.30. The lowest BCUT2D eigenvalue weighted by Gasteiger charge is -2.26. The molecule has 1 saturated carbocycles. The van der Waals surface area contributed by atoms with E-state index in [4.69, 9.17) is 9.47 Å². The van der Waals surface area contributed by atoms with E-state index >= 15 is 0 Å². The quantitative estimate of drug-likeness (QED) is 0.356. The molecule has 10 nitrogen and oxygen atoms in total. The Bertz CT molecular complexity index is 699. The molecule has 2 saturated heterocycles. The zero-order valence-electron chi connectivity index (χ0n) is 19.1. The molecule has 2 aliphatic heterocycles. The van der Waals surface area contributed by atoms with Crippen LogP contribution in [0, 0.1) is 5.92 Å². The fraction of sp³-hybridized carbons (Fsp3) is 0.818. The first-order valence-electron chi connectivity index (χ1n) is 11.6. The van der Waals surface area contributed by atoms with Crippen molar-refractivity contribution in [1.82, 2.24) is 20.9 Å². The highest BCUT2D eigenvalue weighted by Gasteiger charge is 2.50. The van der Waals surface area contributed by atoms with Crippen molar-refractivity contribution >= 4 is 23.5 Å². The lowest BCUT2D eigenvalue weighted by atomic mass is 9.91. The smallest absolute Gasteiger partial charge is 0.242 e. The predicted molar refractivity (Wildman–Crippen MR) is 116 cm³/mol. The lowest BCUT2D eigenvalue weighted by molar-refractivity contribution is -0.132. The van der Waals surface area contributed by atoms with Gasteiger partial charge in [-0.2, -0.15) is 0 Å². The molecule has 3 atom stereocenters. The Hall–Kier alpha value is -2.04. The van der Waals surface area contributed by atoms with Crippen molar-refractivity contribution in [2.24, 2.45) is 5.92 Å². The zero-order valence-corrected chi connectivity index (χ0v) is 19.1. The minimum absolute atomic E-state index is 0.104. The largest absolute Gasteiger partial charge is 0.379 e. The minimum Gasteiger partial charge on any atom is -0.379 e. The van der Waals surface area contributed by atoms with Crippen molar-refractivity contribution in [3.63, 3.8) is 0 Å². The van der Waals surface area contributed by atoms with Gasteiger partial charge >= 0.3 is 0 Å². The Morgan fingerprint density at radius 1 is 1.06 bits per heavy atom. The number of carbonyl (C=O) groups excluding carboxylic acids is 4. The molecule has 0 spiro atoms. The van der Waals surface area contributed by atoms with Crippen molar-refractivity contribution in [1.29, 1.82) is 0 Å². The topological polar surface area (TPSA) is 129 Å². The zero-order chi connectivity index (χ0) is 23.1. The summed E-state index contributed by atoms with van der Waals surface area (Å²) in [5.41, 5.74) is -0.806. The molecule has 2 heterocycles. The van der Waals surface area contributed by atoms with Crippen molar-refractivity contribution in [2.75, 3.05) is 46.0 Å². The Balaban J connectivity index is 1.41. The molecule has 0 aromatic rings. The normalized spacial score (nSPS) is 25.6. The number of epoxide rings is 1. The number of ether oxygens (including phenoxy) is 2. The van der Waals surface area contributed by atoms with E-state index in [9.17, 15) is 19.2 Å². The molecular weight excluding hydrogens is 416 g/mol. The van der Waals surface area contributed by atoms with Crippen LogP contribution >= 0.6 is 0 Å². The number of nitrogens with zero attached hydrogens (tertiary/aromatic N) is 1. The Morgan fingerprint density at radius 2 is 1.72 bits per heavy atom. The second-order valence-electron chi connectivity index (χ2n) is 9.29. The number of morpholine rings is 1. The summed E-state index contributed by atoms with van der Waals surface area (Å²) in [5, 5.41) is 7.98. The monoisotopic (exact) mass is 452 g/mol. The molecule has 0 aromatic carbocycles. The highest BCUT2D eigenvalue weighted by atomic mass is 16.6. The molecule has 3 fully saturated rings. The predicted octanol–water partition coefficient (Wildman–Crippen LogP) is -0.637. The van der Waals surface area contributed by atoms with Crippen molar-refractivity contribution in [3.05, 3.63) is 0 Å². The van der Waals surface area contributed by atoms with Gasteiger partial charge in [0.15, 0.2) is 5.78 Å². The molecule has 180 valence electrons. The highest BCUT2D eigenvalue weighted by Crippen LogP contribution is 2.33. The Morgan fingerprint density at radius 3 is 2.34 bits per heavy atom. The first kappa shape index (κ1) is 24.6. The molecule has 3 amide bonds. The second-order valence-corrected chi connectivity index (χ2v) is 9.29. The highest BCUT2D eigenvalue weighted by molar-refractivity contribution is 5.97. The van der Waals surface area contributed by atoms with Gasteiger partial charge in [0.05, 0.1) is 39.0 Å². The maximum Gasteiger partial charge on any atom is 0.242 e. The van der Waals surface area contributed by atoms with E-state index < -0.39 is 29.5 Å². The van der Waals surface area contributed by atoms with Gasteiger partial charge in [0.1, 0.15) is 11.6 Å². The molecule has 0 radical (unpaired) electrons. The van der Waals surface area contributed by atoms with Crippen LogP contribution in [0.2, 0.25) is 0 Å². The number of rotatable bonds is 11. The summed E-state index contributed by atoms with van der Waals surface area (Å²) in [7, 11) is 0. The summed E-state index contributed by atoms with van der Waals surface area (Å²) < 4.78 is 10.5. The third-order valence-corrected chi connectivity index (χ3v) is 6.46. The molecule has 10 heteroatoms. The van der Waals surface area contributed by atoms with E-state index in [1.165, 1.54) is 0 Å². The molecule has 3 unspecified atom stereocenters. The molecule has 32 heavy (non-hydrogen) atoms. The van der Waals surface area contributed by atoms with Gasteiger partial charge in [-0.15, -0.1) is 0 Å². The van der Waals surface area contributed by atoms with Gasteiger partial charge < -0.3 is 25.4 Å². The lowest BCUT2D eigenvalue weighted by Crippen LogP contribution is -2.52. The van der Waals surface area contributed by atoms with Gasteiger partial charge in [-0.1, -0.05) is 25.7 Å². The van der Waals surface area contributed by atoms with Crippen molar-refractivity contribution in [2.45, 2.75) is 63.6 Å². The molecule has 3 rings (SSSR count). The van der Waals surface area contributed by atoms with Gasteiger partial charge in [-0.05, 0) is 26.2 Å². The fourth-order valence-electron chi connectivity index (χ4n) is 4.31. The molecular formula is C22H36N4O6. The first-order valence-corrected chi connectivity index (χ1v) is 11.6. The minimum atomic E-state index is -0.806. The van der Waals surface area contributed by atoms with Crippen LogP contribution in [0.4, 0.5) is 0 Å². The summed E-state index contributed by atoms with van der Waals surface area (Å²) in [4.78, 5) is 51.7. The number of amides is 3. The number of hydrogen-bond acceptors (Lipinski definition) is 7. The summed E-state index contributed by atoms with van der Waals surface area (Å²) in [6.45, 7) is 6.18. The van der Waals surface area contributed by atoms with Gasteiger partial charge in [0, 0.05) is 13.1 Å². The van der Waals surface area contributed by atoms with E-state index in [0.29, 0.717) is 45.2 Å². The van der Waals surface area contributed by atoms with E-state index in [1.54, 1.807) is 13.8 Å². The standard InChI is InChI=1S/C22H36N4O6/c1-15(24-19(28)13-26-7-9-31-10-8-26)21(30)23-12-18(27)25-17(11-16-5-3-4-6-16)20(29)22(2)14-32-22/h15-17H,3-14H2,1-2H3,(H,23,30)(H,24,28)(H,25,27). The number of Topliss-reactive ketones (excluding diaryl/α,β-unsaturated/α-hetero) is 1. The van der Waals surface area contributed by atoms with Crippen LogP contribution in [0.3, 0.4) is 0 Å². The maximum atomic E-state index is 12.8. The number of hydrogen-bond donors (Lipinski definition) is 3. The number of nitrogens with one attached hydrogen (secondary N) is 3. The van der Waals surface area contributed by atoms with Crippen LogP contribution < -0.4 is 16.0 Å². The molecule has 0 bridgehead atoms. The average molecular weight is 453 g/mol. The molecule has 3 aliphatic rings. The van der Waals surface area contributed by atoms with Crippen LogP contribution in [0.5, 0.6) is 0 Å². The van der Waals surface area contributed by atoms with Crippen molar-refractivity contribution < 1.29 is 28.7 Å². The van der Waals surface area contributed by atoms with Crippen LogP contribution in [0.1, 0.15) is 46.0 Å². The van der Waals surface area contributed by atoms with E-state index in [1.807, 2.05) is 4.90 Å². The fourth-order valence-corrected chi connectivity index (χ4v) is 4.31. The summed E-state index contributed by atoms with van der Waals surface area (Å²) in [5.74, 6) is -0.813. The summed E-state index contributed by atoms with van der Waals surface area (Å²) in [6, 6.07) is -1.38. The molecule has 0 aromatic heterocycles. The molecule has 1 aliphatic carbocycles. The Labute approximate surface area is 189 Å². The number of carbonyl (C=O) groups is 4. The van der Waals surface area contributed by atoms with Gasteiger partial charge in [0.25, 0.3) is 0 Å². The van der Waals surface area contributed by atoms with Gasteiger partial charge in [-0.25, -0.2) is 0 Å². The van der Waals surface area contributed by atoms with Gasteiger partial charge in [0.2, 0.25) is 17.7 Å². The third-order valence-electron chi connectivity index (χ3n) is 6.46. The van der Waals surface area contributed by atoms with Crippen LogP contribution in [-0.2, 0) is 28.7 Å². The SMILES string of the molecule is CC(NC(=O)CN1CCOCC1)C(=O)NCC(=O)NC(CC1CCCC1)C(=O)C1(C)CO1. The summed E-state index contributed by atoms with van der Waals surface area (Å²) >= 11 is 0. The second kappa shape index (κ2) is 11.2. The van der Waals surface area contributed by atoms with Crippen LogP contribution in [0.15, 0.2) is 0 Å². The van der Waals surface area contributed by atoms with E-state index in [-0.39, 0.29) is 24.8 Å². The maximum absolute atomic E-state index is 12.8.